The van der Waals surface area contributed by atoms with Crippen LogP contribution in [0.15, 0.2) is 0 Å². The number of rotatable bonds is 2. The zero-order chi connectivity index (χ0) is 11.0. The molecule has 0 saturated carbocycles. The molecule has 0 radical (unpaired) electrons. The van der Waals surface area contributed by atoms with Gasteiger partial charge in [0, 0.05) is 4.88 Å². The lowest BCUT2D eigenvalue weighted by Gasteiger charge is -2.19. The number of hydrogen-bond donors (Lipinski definition) is 1. The lowest BCUT2D eigenvalue weighted by molar-refractivity contribution is 0.0700. The number of thiophene rings is 1. The van der Waals surface area contributed by atoms with Crippen LogP contribution >= 0.6 is 11.3 Å². The van der Waals surface area contributed by atoms with Crippen LogP contribution in [0.4, 0.5) is 0 Å². The van der Waals surface area contributed by atoms with Gasteiger partial charge in [-0.05, 0) is 42.7 Å². The van der Waals surface area contributed by atoms with E-state index in [-0.39, 0.29) is 0 Å². The zero-order valence-electron chi connectivity index (χ0n) is 9.17. The van der Waals surface area contributed by atoms with E-state index in [1.807, 2.05) is 0 Å². The van der Waals surface area contributed by atoms with E-state index in [0.717, 1.165) is 31.2 Å². The van der Waals surface area contributed by atoms with Gasteiger partial charge < -0.3 is 5.11 Å². The first-order valence-corrected chi connectivity index (χ1v) is 6.31. The van der Waals surface area contributed by atoms with Crippen molar-refractivity contribution in [3.63, 3.8) is 0 Å². The van der Waals surface area contributed by atoms with E-state index < -0.39 is 5.97 Å². The molecule has 0 bridgehead atoms. The first-order valence-electron chi connectivity index (χ1n) is 5.50. The molecule has 0 aliphatic heterocycles. The van der Waals surface area contributed by atoms with Gasteiger partial charge in [0.05, 0.1) is 0 Å². The topological polar surface area (TPSA) is 37.3 Å². The number of carboxylic acid groups (broad SMARTS) is 1. The highest BCUT2D eigenvalue weighted by atomic mass is 32.1. The smallest absolute Gasteiger partial charge is 0.346 e. The predicted molar refractivity (Wildman–Crippen MR) is 61.8 cm³/mol. The van der Waals surface area contributed by atoms with E-state index in [1.54, 1.807) is 0 Å². The molecule has 0 saturated heterocycles. The van der Waals surface area contributed by atoms with Gasteiger partial charge >= 0.3 is 5.97 Å². The van der Waals surface area contributed by atoms with E-state index in [4.69, 9.17) is 5.11 Å². The molecule has 1 aliphatic rings. The van der Waals surface area contributed by atoms with Crippen LogP contribution in [0.2, 0.25) is 0 Å². The highest BCUT2D eigenvalue weighted by Crippen LogP contribution is 2.36. The third-order valence-electron chi connectivity index (χ3n) is 3.16. The van der Waals surface area contributed by atoms with Gasteiger partial charge in [0.25, 0.3) is 0 Å². The van der Waals surface area contributed by atoms with Crippen LogP contribution in [0, 0.1) is 5.92 Å². The molecule has 0 spiro atoms. The van der Waals surface area contributed by atoms with Crippen LogP contribution in [0.1, 0.15) is 45.9 Å². The van der Waals surface area contributed by atoms with E-state index in [0.29, 0.717) is 10.8 Å². The summed E-state index contributed by atoms with van der Waals surface area (Å²) in [4.78, 5) is 13.0. The standard InChI is InChI=1S/C12H16O2S/c1-3-10-9-6-7(2)4-5-8(9)11(15-10)12(13)14/h7H,3-6H2,1-2H3,(H,13,14)/t7-/m1/s1. The molecule has 0 aromatic carbocycles. The molecule has 0 fully saturated rings. The van der Waals surface area contributed by atoms with Crippen molar-refractivity contribution >= 4 is 17.3 Å². The molecule has 0 amide bonds. The molecular weight excluding hydrogens is 208 g/mol. The van der Waals surface area contributed by atoms with Crippen LogP contribution in [-0.2, 0) is 19.3 Å². The second-order valence-corrected chi connectivity index (χ2v) is 5.42. The van der Waals surface area contributed by atoms with E-state index >= 15 is 0 Å². The minimum absolute atomic E-state index is 0.591. The summed E-state index contributed by atoms with van der Waals surface area (Å²) in [6.07, 6.45) is 4.12. The van der Waals surface area contributed by atoms with Crippen molar-refractivity contribution in [3.05, 3.63) is 20.9 Å². The Hall–Kier alpha value is -0.830. The molecule has 1 N–H and O–H groups in total. The summed E-state index contributed by atoms with van der Waals surface area (Å²) in [5.41, 5.74) is 2.47. The molecule has 1 aliphatic carbocycles. The van der Waals surface area contributed by atoms with Gasteiger partial charge in [0.1, 0.15) is 4.88 Å². The maximum atomic E-state index is 11.1. The summed E-state index contributed by atoms with van der Waals surface area (Å²) in [6, 6.07) is 0. The summed E-state index contributed by atoms with van der Waals surface area (Å²) < 4.78 is 0. The van der Waals surface area contributed by atoms with Crippen LogP contribution in [0.5, 0.6) is 0 Å². The van der Waals surface area contributed by atoms with Crippen LogP contribution in [-0.4, -0.2) is 11.1 Å². The molecule has 1 aromatic rings. The van der Waals surface area contributed by atoms with Crippen molar-refractivity contribution in [1.29, 1.82) is 0 Å². The van der Waals surface area contributed by atoms with Gasteiger partial charge in [-0.3, -0.25) is 0 Å². The Morgan fingerprint density at radius 1 is 1.53 bits per heavy atom. The molecule has 1 heterocycles. The molecule has 0 unspecified atom stereocenters. The molecule has 3 heteroatoms. The van der Waals surface area contributed by atoms with Crippen LogP contribution in [0.3, 0.4) is 0 Å². The normalized spacial score (nSPS) is 20.0. The summed E-state index contributed by atoms with van der Waals surface area (Å²) >= 11 is 1.49. The fourth-order valence-electron chi connectivity index (χ4n) is 2.35. The maximum absolute atomic E-state index is 11.1. The molecule has 15 heavy (non-hydrogen) atoms. The lowest BCUT2D eigenvalue weighted by atomic mass is 9.85. The monoisotopic (exact) mass is 224 g/mol. The largest absolute Gasteiger partial charge is 0.477 e. The summed E-state index contributed by atoms with van der Waals surface area (Å²) in [5, 5.41) is 9.13. The van der Waals surface area contributed by atoms with Crippen molar-refractivity contribution in [2.24, 2.45) is 5.92 Å². The van der Waals surface area contributed by atoms with E-state index in [1.165, 1.54) is 21.8 Å². The summed E-state index contributed by atoms with van der Waals surface area (Å²) in [7, 11) is 0. The fraction of sp³-hybridized carbons (Fsp3) is 0.583. The Kier molecular flexibility index (Phi) is 2.83. The molecule has 1 aromatic heterocycles. The zero-order valence-corrected chi connectivity index (χ0v) is 9.99. The molecule has 2 nitrogen and oxygen atoms in total. The van der Waals surface area contributed by atoms with Gasteiger partial charge in [0.15, 0.2) is 0 Å². The maximum Gasteiger partial charge on any atom is 0.346 e. The van der Waals surface area contributed by atoms with Crippen molar-refractivity contribution < 1.29 is 9.90 Å². The van der Waals surface area contributed by atoms with Gasteiger partial charge in [-0.15, -0.1) is 11.3 Å². The Balaban J connectivity index is 2.49. The first-order chi connectivity index (χ1) is 7.13. The third-order valence-corrected chi connectivity index (χ3v) is 4.56. The minimum Gasteiger partial charge on any atom is -0.477 e. The van der Waals surface area contributed by atoms with Crippen molar-refractivity contribution in [2.45, 2.75) is 39.5 Å². The number of hydrogen-bond acceptors (Lipinski definition) is 2. The molecule has 1 atom stereocenters. The molecular formula is C12H16O2S. The Morgan fingerprint density at radius 2 is 2.27 bits per heavy atom. The van der Waals surface area contributed by atoms with E-state index in [2.05, 4.69) is 13.8 Å². The van der Waals surface area contributed by atoms with Crippen LogP contribution < -0.4 is 0 Å². The highest BCUT2D eigenvalue weighted by Gasteiger charge is 2.25. The number of aryl methyl sites for hydroxylation is 1. The second-order valence-electron chi connectivity index (χ2n) is 4.32. The van der Waals surface area contributed by atoms with Crippen molar-refractivity contribution in [2.75, 3.05) is 0 Å². The van der Waals surface area contributed by atoms with Crippen LogP contribution in [0.25, 0.3) is 0 Å². The fourth-order valence-corrected chi connectivity index (χ4v) is 3.51. The Bertz CT molecular complexity index is 393. The quantitative estimate of drug-likeness (QED) is 0.838. The third kappa shape index (κ3) is 1.81. The second kappa shape index (κ2) is 3.97. The number of fused-ring (bicyclic) bond motifs is 1. The molecule has 82 valence electrons. The van der Waals surface area contributed by atoms with Gasteiger partial charge in [-0.1, -0.05) is 13.8 Å². The average Bonchev–Trinajstić information content (AvgIpc) is 2.55. The van der Waals surface area contributed by atoms with Gasteiger partial charge in [0.2, 0.25) is 0 Å². The SMILES string of the molecule is CCc1sc(C(=O)O)c2c1C[C@H](C)CC2. The van der Waals surface area contributed by atoms with E-state index in [9.17, 15) is 4.79 Å². The van der Waals surface area contributed by atoms with Crippen molar-refractivity contribution in [1.82, 2.24) is 0 Å². The molecule has 2 rings (SSSR count). The van der Waals surface area contributed by atoms with Gasteiger partial charge in [-0.2, -0.15) is 0 Å². The minimum atomic E-state index is -0.745. The number of carbonyl (C=O) groups is 1. The lowest BCUT2D eigenvalue weighted by Crippen LogP contribution is -2.12. The predicted octanol–water partition coefficient (Wildman–Crippen LogP) is 3.13. The summed E-state index contributed by atoms with van der Waals surface area (Å²) in [5.74, 6) is -0.0375. The summed E-state index contributed by atoms with van der Waals surface area (Å²) in [6.45, 7) is 4.36. The first kappa shape index (κ1) is 10.7. The highest BCUT2D eigenvalue weighted by molar-refractivity contribution is 7.14. The number of carboxylic acids is 1. The van der Waals surface area contributed by atoms with Gasteiger partial charge in [-0.25, -0.2) is 4.79 Å². The van der Waals surface area contributed by atoms with Crippen molar-refractivity contribution in [3.8, 4) is 0 Å². The number of aromatic carboxylic acids is 1. The average molecular weight is 224 g/mol. The Morgan fingerprint density at radius 3 is 2.87 bits per heavy atom. The Labute approximate surface area is 93.9 Å².